The molecule has 8 heteroatoms. The van der Waals surface area contributed by atoms with Gasteiger partial charge in [0.15, 0.2) is 23.7 Å². The first kappa shape index (κ1) is 32.3. The molecule has 238 valence electrons. The van der Waals surface area contributed by atoms with Crippen molar-refractivity contribution in [1.82, 2.24) is 0 Å². The van der Waals surface area contributed by atoms with Crippen molar-refractivity contribution in [2.45, 2.75) is 103 Å². The van der Waals surface area contributed by atoms with E-state index in [0.29, 0.717) is 31.3 Å². The molecule has 1 unspecified atom stereocenters. The zero-order chi connectivity index (χ0) is 32.1. The molecule has 0 aliphatic heterocycles. The number of allylic oxidation sites excluding steroid dienone is 4. The van der Waals surface area contributed by atoms with E-state index in [0.717, 1.165) is 17.5 Å². The van der Waals surface area contributed by atoms with Crippen LogP contribution in [0, 0.1) is 35.5 Å². The molecule has 5 rings (SSSR count). The highest BCUT2D eigenvalue weighted by molar-refractivity contribution is 6.01. The van der Waals surface area contributed by atoms with Crippen LogP contribution in [0.5, 0.6) is 0 Å². The molecule has 3 saturated carbocycles. The molecule has 0 saturated heterocycles. The molecule has 44 heavy (non-hydrogen) atoms. The number of aryl methyl sites for hydroxylation is 1. The molecule has 0 heterocycles. The molecule has 1 aromatic carbocycles. The van der Waals surface area contributed by atoms with Crippen LogP contribution in [0.15, 0.2) is 48.1 Å². The van der Waals surface area contributed by atoms with Gasteiger partial charge in [0.25, 0.3) is 0 Å². The molecule has 3 fully saturated rings. The van der Waals surface area contributed by atoms with E-state index >= 15 is 4.39 Å². The average Bonchev–Trinajstić information content (AvgIpc) is 3.19. The van der Waals surface area contributed by atoms with E-state index in [9.17, 15) is 24.3 Å². The minimum absolute atomic E-state index is 0.0120. The van der Waals surface area contributed by atoms with Crippen LogP contribution in [0.25, 0.3) is 0 Å². The van der Waals surface area contributed by atoms with Crippen molar-refractivity contribution in [3.8, 4) is 0 Å². The van der Waals surface area contributed by atoms with Crippen molar-refractivity contribution in [2.24, 2.45) is 28.6 Å². The van der Waals surface area contributed by atoms with E-state index in [1.807, 2.05) is 52.0 Å². The first-order valence-electron chi connectivity index (χ1n) is 16.0. The number of carbonyl (C=O) groups is 4. The van der Waals surface area contributed by atoms with E-state index in [1.54, 1.807) is 13.0 Å². The Hall–Kier alpha value is -3.13. The van der Waals surface area contributed by atoms with Gasteiger partial charge in [-0.3, -0.25) is 19.2 Å². The average molecular weight is 609 g/mol. The number of fused-ring (bicyclic) bond motifs is 5. The van der Waals surface area contributed by atoms with Crippen molar-refractivity contribution in [3.63, 3.8) is 0 Å². The minimum atomic E-state index is -2.08. The lowest BCUT2D eigenvalue weighted by Gasteiger charge is -2.62. The second-order valence-corrected chi connectivity index (χ2v) is 14.0. The lowest BCUT2D eigenvalue weighted by Crippen LogP contribution is -2.70. The largest absolute Gasteiger partial charge is 0.457 e. The normalized spacial score (nSPS) is 37.3. The summed E-state index contributed by atoms with van der Waals surface area (Å²) in [6.45, 7) is 8.73. The molecule has 1 aromatic rings. The number of rotatable bonds is 9. The molecule has 0 amide bonds. The molecular formula is C36H45FO7. The minimum Gasteiger partial charge on any atom is -0.457 e. The summed E-state index contributed by atoms with van der Waals surface area (Å²) in [6, 6.07) is 7.44. The summed E-state index contributed by atoms with van der Waals surface area (Å²) in [7, 11) is 0. The van der Waals surface area contributed by atoms with Crippen molar-refractivity contribution in [2.75, 3.05) is 6.61 Å². The molecule has 4 aliphatic rings. The molecule has 0 bridgehead atoms. The lowest BCUT2D eigenvalue weighted by atomic mass is 9.44. The van der Waals surface area contributed by atoms with Crippen molar-refractivity contribution in [1.29, 1.82) is 0 Å². The number of benzene rings is 1. The van der Waals surface area contributed by atoms with E-state index < -0.39 is 70.3 Å². The van der Waals surface area contributed by atoms with E-state index in [4.69, 9.17) is 9.47 Å². The maximum atomic E-state index is 17.6. The number of hydrogen-bond acceptors (Lipinski definition) is 7. The van der Waals surface area contributed by atoms with E-state index in [2.05, 4.69) is 0 Å². The Bertz CT molecular complexity index is 1400. The van der Waals surface area contributed by atoms with Gasteiger partial charge in [-0.05, 0) is 69.6 Å². The number of ether oxygens (including phenoxy) is 2. The van der Waals surface area contributed by atoms with Gasteiger partial charge in [0.1, 0.15) is 0 Å². The lowest BCUT2D eigenvalue weighted by molar-refractivity contribution is -0.228. The van der Waals surface area contributed by atoms with Crippen LogP contribution in [0.3, 0.4) is 0 Å². The van der Waals surface area contributed by atoms with Crippen LogP contribution in [0.4, 0.5) is 4.39 Å². The predicted octanol–water partition coefficient (Wildman–Crippen LogP) is 5.74. The van der Waals surface area contributed by atoms with Gasteiger partial charge < -0.3 is 14.6 Å². The van der Waals surface area contributed by atoms with Crippen molar-refractivity contribution in [3.05, 3.63) is 59.2 Å². The highest BCUT2D eigenvalue weighted by Crippen LogP contribution is 2.71. The third kappa shape index (κ3) is 4.88. The van der Waals surface area contributed by atoms with Crippen LogP contribution < -0.4 is 0 Å². The van der Waals surface area contributed by atoms with Crippen LogP contribution in [-0.2, 0) is 35.1 Å². The number of esters is 2. The summed E-state index contributed by atoms with van der Waals surface area (Å²) in [4.78, 5) is 52.6. The Morgan fingerprint density at radius 3 is 2.48 bits per heavy atom. The van der Waals surface area contributed by atoms with Crippen LogP contribution in [-0.4, -0.2) is 52.6 Å². The number of hydrogen-bond donors (Lipinski definition) is 1. The number of Topliss-reactive ketones (excluding diaryl/α,β-unsaturated/α-hetero) is 1. The number of carbonyl (C=O) groups excluding carboxylic acids is 4. The SMILES string of the molecule is CCCCC(=O)O[C@]1(C(=O)COC(=O)Cc2ccc(C)cc2)[C@@H](C)C[C@H]2C3CCC4=CC(=O)C=C[C@]4(C)[C@@]3(F)[C@@H](O)C[C@@]21C. The number of aliphatic hydroxyl groups is 1. The van der Waals surface area contributed by atoms with E-state index in [-0.39, 0.29) is 25.0 Å². The molecule has 7 nitrogen and oxygen atoms in total. The number of aliphatic hydroxyl groups excluding tert-OH is 1. The molecular weight excluding hydrogens is 563 g/mol. The van der Waals surface area contributed by atoms with Gasteiger partial charge in [0.05, 0.1) is 12.5 Å². The third-order valence-corrected chi connectivity index (χ3v) is 11.4. The zero-order valence-corrected chi connectivity index (χ0v) is 26.5. The molecule has 0 aromatic heterocycles. The Labute approximate surface area is 259 Å². The zero-order valence-electron chi connectivity index (χ0n) is 26.5. The maximum Gasteiger partial charge on any atom is 0.310 e. The molecule has 1 N–H and O–H groups in total. The quantitative estimate of drug-likeness (QED) is 0.357. The number of halogens is 1. The molecule has 8 atom stereocenters. The summed E-state index contributed by atoms with van der Waals surface area (Å²) in [6.07, 6.45) is 5.59. The Kier molecular flexibility index (Phi) is 8.55. The summed E-state index contributed by atoms with van der Waals surface area (Å²) in [5, 5.41) is 11.8. The predicted molar refractivity (Wildman–Crippen MR) is 162 cm³/mol. The Morgan fingerprint density at radius 1 is 1.09 bits per heavy atom. The van der Waals surface area contributed by atoms with Gasteiger partial charge in [0.2, 0.25) is 5.78 Å². The third-order valence-electron chi connectivity index (χ3n) is 11.4. The number of ketones is 2. The number of unbranched alkanes of at least 4 members (excludes halogenated alkanes) is 1. The fourth-order valence-corrected chi connectivity index (χ4v) is 9.13. The topological polar surface area (TPSA) is 107 Å². The highest BCUT2D eigenvalue weighted by Gasteiger charge is 2.77. The number of alkyl halides is 1. The monoisotopic (exact) mass is 608 g/mol. The van der Waals surface area contributed by atoms with Gasteiger partial charge >= 0.3 is 11.9 Å². The fraction of sp³-hybridized carbons (Fsp3) is 0.611. The van der Waals surface area contributed by atoms with Crippen LogP contribution in [0.2, 0.25) is 0 Å². The molecule has 0 radical (unpaired) electrons. The molecule has 4 aliphatic carbocycles. The van der Waals surface area contributed by atoms with Crippen LogP contribution in [0.1, 0.15) is 83.8 Å². The Balaban J connectivity index is 1.47. The first-order chi connectivity index (χ1) is 20.7. The van der Waals surface area contributed by atoms with Gasteiger partial charge in [0, 0.05) is 29.1 Å². The summed E-state index contributed by atoms with van der Waals surface area (Å²) < 4.78 is 29.4. The second kappa shape index (κ2) is 11.7. The summed E-state index contributed by atoms with van der Waals surface area (Å²) >= 11 is 0. The van der Waals surface area contributed by atoms with Gasteiger partial charge in [-0.25, -0.2) is 4.39 Å². The van der Waals surface area contributed by atoms with Crippen molar-refractivity contribution >= 4 is 23.5 Å². The van der Waals surface area contributed by atoms with Gasteiger partial charge in [-0.2, -0.15) is 0 Å². The Morgan fingerprint density at radius 2 is 1.80 bits per heavy atom. The summed E-state index contributed by atoms with van der Waals surface area (Å²) in [5.41, 5.74) is -3.59. The fourth-order valence-electron chi connectivity index (χ4n) is 9.13. The second-order valence-electron chi connectivity index (χ2n) is 14.0. The van der Waals surface area contributed by atoms with Crippen molar-refractivity contribution < 1.29 is 38.1 Å². The first-order valence-corrected chi connectivity index (χ1v) is 16.0. The van der Waals surface area contributed by atoms with Crippen LogP contribution >= 0.6 is 0 Å². The van der Waals surface area contributed by atoms with Gasteiger partial charge in [-0.1, -0.05) is 68.7 Å². The van der Waals surface area contributed by atoms with E-state index in [1.165, 1.54) is 12.2 Å². The maximum absolute atomic E-state index is 17.6. The smallest absolute Gasteiger partial charge is 0.310 e. The molecule has 0 spiro atoms. The standard InChI is InChI=1S/C36H45FO7/c1-6-7-8-31(41)44-36(30(40)21-43-32(42)18-24-11-9-22(2)10-12-24)23(3)17-28-27-14-13-25-19-26(38)15-16-33(25,4)35(27,37)29(39)20-34(28,36)5/h9-12,15-16,19,23,27-29,39H,6-8,13-14,17-18,20-21H2,1-5H3/t23-,27?,28-,29-,33-,34-,35-,36-/m0/s1. The highest BCUT2D eigenvalue weighted by atomic mass is 19.1. The van der Waals surface area contributed by atoms with Gasteiger partial charge in [-0.15, -0.1) is 0 Å². The summed E-state index contributed by atoms with van der Waals surface area (Å²) in [5.74, 6) is -3.39.